The quantitative estimate of drug-likeness (QED) is 0.426. The molecule has 9 heteroatoms. The van der Waals surface area contributed by atoms with E-state index in [4.69, 9.17) is 4.74 Å². The predicted octanol–water partition coefficient (Wildman–Crippen LogP) is 2.77. The lowest BCUT2D eigenvalue weighted by atomic mass is 10.0. The van der Waals surface area contributed by atoms with E-state index in [2.05, 4.69) is 10.6 Å². The number of non-ortho nitro benzene ring substituents is 1. The molecule has 30 heavy (non-hydrogen) atoms. The molecule has 2 rings (SSSR count). The van der Waals surface area contributed by atoms with Crippen molar-refractivity contribution < 1.29 is 24.4 Å². The minimum absolute atomic E-state index is 0.117. The van der Waals surface area contributed by atoms with Crippen molar-refractivity contribution in [1.82, 2.24) is 10.6 Å². The molecule has 0 aliphatic carbocycles. The molecule has 0 aromatic heterocycles. The molecule has 2 aromatic rings. The number of carbonyl (C=O) groups excluding carboxylic acids is 2. The summed E-state index contributed by atoms with van der Waals surface area (Å²) in [6, 6.07) is 9.31. The summed E-state index contributed by atoms with van der Waals surface area (Å²) in [4.78, 5) is 35.5. The Morgan fingerprint density at radius 2 is 1.83 bits per heavy atom. The second kappa shape index (κ2) is 10.2. The number of phenolic OH excluding ortho intramolecular Hbond substituents is 1. The zero-order chi connectivity index (χ0) is 22.3. The van der Waals surface area contributed by atoms with Gasteiger partial charge in [0, 0.05) is 29.8 Å². The lowest BCUT2D eigenvalue weighted by Crippen LogP contribution is -2.49. The Balaban J connectivity index is 2.05. The summed E-state index contributed by atoms with van der Waals surface area (Å²) in [6.07, 6.45) is 0. The fraction of sp³-hybridized carbons (Fsp3) is 0.333. The topological polar surface area (TPSA) is 131 Å². The van der Waals surface area contributed by atoms with E-state index in [-0.39, 0.29) is 29.5 Å². The Morgan fingerprint density at radius 3 is 2.40 bits per heavy atom. The fourth-order valence-corrected chi connectivity index (χ4v) is 2.75. The van der Waals surface area contributed by atoms with Crippen LogP contribution in [0.1, 0.15) is 36.7 Å². The zero-order valence-corrected chi connectivity index (χ0v) is 17.0. The summed E-state index contributed by atoms with van der Waals surface area (Å²) in [5.74, 6) is -0.611. The van der Waals surface area contributed by atoms with E-state index in [9.17, 15) is 24.8 Å². The van der Waals surface area contributed by atoms with Crippen LogP contribution in [-0.2, 0) is 11.3 Å². The van der Waals surface area contributed by atoms with Crippen molar-refractivity contribution in [3.63, 3.8) is 0 Å². The van der Waals surface area contributed by atoms with Gasteiger partial charge in [-0.25, -0.2) is 0 Å². The van der Waals surface area contributed by atoms with Gasteiger partial charge in [-0.3, -0.25) is 19.7 Å². The number of amides is 2. The Morgan fingerprint density at radius 1 is 1.17 bits per heavy atom. The van der Waals surface area contributed by atoms with E-state index < -0.39 is 22.8 Å². The summed E-state index contributed by atoms with van der Waals surface area (Å²) in [7, 11) is 0. The molecule has 0 aliphatic heterocycles. The van der Waals surface area contributed by atoms with Crippen molar-refractivity contribution >= 4 is 17.5 Å². The number of benzene rings is 2. The normalized spacial score (nSPS) is 11.6. The van der Waals surface area contributed by atoms with Crippen LogP contribution in [0.4, 0.5) is 5.69 Å². The molecule has 0 radical (unpaired) electrons. The third-order valence-corrected chi connectivity index (χ3v) is 4.39. The first-order valence-electron chi connectivity index (χ1n) is 9.50. The van der Waals surface area contributed by atoms with E-state index in [0.29, 0.717) is 17.9 Å². The molecule has 1 atom stereocenters. The van der Waals surface area contributed by atoms with Gasteiger partial charge in [0.05, 0.1) is 11.5 Å². The minimum atomic E-state index is -0.829. The van der Waals surface area contributed by atoms with Crippen LogP contribution in [0.15, 0.2) is 42.5 Å². The smallest absolute Gasteiger partial charge is 0.270 e. The highest BCUT2D eigenvalue weighted by Crippen LogP contribution is 2.22. The number of ether oxygens (including phenoxy) is 1. The van der Waals surface area contributed by atoms with Gasteiger partial charge in [0.25, 0.3) is 11.6 Å². The summed E-state index contributed by atoms with van der Waals surface area (Å²) < 4.78 is 5.35. The molecule has 0 saturated carbocycles. The van der Waals surface area contributed by atoms with Gasteiger partial charge in [0.1, 0.15) is 17.5 Å². The molecule has 0 saturated heterocycles. The average molecular weight is 415 g/mol. The molecule has 0 bridgehead atoms. The van der Waals surface area contributed by atoms with E-state index in [1.54, 1.807) is 38.1 Å². The third-order valence-electron chi connectivity index (χ3n) is 4.39. The van der Waals surface area contributed by atoms with E-state index in [1.165, 1.54) is 18.2 Å². The van der Waals surface area contributed by atoms with Gasteiger partial charge in [-0.05, 0) is 43.2 Å². The molecule has 0 spiro atoms. The molecular weight excluding hydrogens is 390 g/mol. The Labute approximate surface area is 174 Å². The van der Waals surface area contributed by atoms with Crippen molar-refractivity contribution in [2.75, 3.05) is 6.61 Å². The number of nitro groups is 1. The average Bonchev–Trinajstić information content (AvgIpc) is 2.71. The summed E-state index contributed by atoms with van der Waals surface area (Å²) in [6.45, 7) is 5.83. The van der Waals surface area contributed by atoms with Crippen LogP contribution in [0.2, 0.25) is 0 Å². The van der Waals surface area contributed by atoms with Crippen molar-refractivity contribution in [3.8, 4) is 11.5 Å². The molecule has 3 N–H and O–H groups in total. The lowest BCUT2D eigenvalue weighted by molar-refractivity contribution is -0.384. The predicted molar refractivity (Wildman–Crippen MR) is 110 cm³/mol. The summed E-state index contributed by atoms with van der Waals surface area (Å²) in [5.41, 5.74) is 0.396. The Kier molecular flexibility index (Phi) is 7.74. The number of nitro benzene ring substituents is 1. The van der Waals surface area contributed by atoms with Crippen LogP contribution in [0.3, 0.4) is 0 Å². The lowest BCUT2D eigenvalue weighted by Gasteiger charge is -2.22. The van der Waals surface area contributed by atoms with Crippen LogP contribution in [-0.4, -0.2) is 34.5 Å². The second-order valence-electron chi connectivity index (χ2n) is 6.94. The number of rotatable bonds is 9. The fourth-order valence-electron chi connectivity index (χ4n) is 2.75. The highest BCUT2D eigenvalue weighted by molar-refractivity contribution is 5.97. The number of carbonyl (C=O) groups is 2. The van der Waals surface area contributed by atoms with Gasteiger partial charge in [-0.2, -0.15) is 0 Å². The van der Waals surface area contributed by atoms with Crippen LogP contribution >= 0.6 is 0 Å². The number of nitrogens with one attached hydrogen (secondary N) is 2. The standard InChI is InChI=1S/C21H25N3O6/c1-4-30-17-8-5-14(6-9-17)20(26)23-19(13(2)3)21(27)22-12-15-11-16(24(28)29)7-10-18(15)25/h5-11,13,19,25H,4,12H2,1-3H3,(H,22,27)(H,23,26)/t19-/m0/s1. The van der Waals surface area contributed by atoms with Crippen molar-refractivity contribution in [2.24, 2.45) is 5.92 Å². The highest BCUT2D eigenvalue weighted by Gasteiger charge is 2.25. The maximum absolute atomic E-state index is 12.6. The van der Waals surface area contributed by atoms with Gasteiger partial charge >= 0.3 is 0 Å². The summed E-state index contributed by atoms with van der Waals surface area (Å²) >= 11 is 0. The van der Waals surface area contributed by atoms with Crippen molar-refractivity contribution in [3.05, 3.63) is 63.7 Å². The van der Waals surface area contributed by atoms with E-state index in [0.717, 1.165) is 0 Å². The number of aromatic hydroxyl groups is 1. The maximum Gasteiger partial charge on any atom is 0.270 e. The first-order valence-corrected chi connectivity index (χ1v) is 9.50. The number of hydrogen-bond donors (Lipinski definition) is 3. The van der Waals surface area contributed by atoms with E-state index >= 15 is 0 Å². The zero-order valence-electron chi connectivity index (χ0n) is 17.0. The number of phenols is 1. The van der Waals surface area contributed by atoms with Gasteiger partial charge in [-0.15, -0.1) is 0 Å². The van der Waals surface area contributed by atoms with Gasteiger partial charge in [0.15, 0.2) is 0 Å². The molecule has 0 heterocycles. The monoisotopic (exact) mass is 415 g/mol. The van der Waals surface area contributed by atoms with Gasteiger partial charge in [0.2, 0.25) is 5.91 Å². The third kappa shape index (κ3) is 5.94. The van der Waals surface area contributed by atoms with Crippen LogP contribution in [0.5, 0.6) is 11.5 Å². The number of nitrogens with zero attached hydrogens (tertiary/aromatic N) is 1. The molecular formula is C21H25N3O6. The highest BCUT2D eigenvalue weighted by atomic mass is 16.6. The Bertz CT molecular complexity index is 911. The van der Waals surface area contributed by atoms with Crippen LogP contribution in [0.25, 0.3) is 0 Å². The molecule has 2 amide bonds. The van der Waals surface area contributed by atoms with Gasteiger partial charge < -0.3 is 20.5 Å². The first kappa shape index (κ1) is 22.7. The van der Waals surface area contributed by atoms with Crippen LogP contribution in [0, 0.1) is 16.0 Å². The molecule has 2 aromatic carbocycles. The van der Waals surface area contributed by atoms with Crippen molar-refractivity contribution in [2.45, 2.75) is 33.4 Å². The van der Waals surface area contributed by atoms with Gasteiger partial charge in [-0.1, -0.05) is 13.8 Å². The minimum Gasteiger partial charge on any atom is -0.508 e. The van der Waals surface area contributed by atoms with Crippen molar-refractivity contribution in [1.29, 1.82) is 0 Å². The largest absolute Gasteiger partial charge is 0.508 e. The maximum atomic E-state index is 12.6. The Hall–Kier alpha value is -3.62. The van der Waals surface area contributed by atoms with E-state index in [1.807, 2.05) is 6.92 Å². The van der Waals surface area contributed by atoms with Crippen LogP contribution < -0.4 is 15.4 Å². The second-order valence-corrected chi connectivity index (χ2v) is 6.94. The molecule has 9 nitrogen and oxygen atoms in total. The SMILES string of the molecule is CCOc1ccc(C(=O)N[C@H](C(=O)NCc2cc([N+](=O)[O-])ccc2O)C(C)C)cc1. The molecule has 160 valence electrons. The molecule has 0 fully saturated rings. The number of hydrogen-bond acceptors (Lipinski definition) is 6. The first-order chi connectivity index (χ1) is 14.2. The summed E-state index contributed by atoms with van der Waals surface area (Å²) in [5, 5.41) is 26.1. The molecule has 0 aliphatic rings. The molecule has 0 unspecified atom stereocenters.